The van der Waals surface area contributed by atoms with Crippen LogP contribution in [0.4, 0.5) is 0 Å². The molecule has 2 nitrogen and oxygen atoms in total. The molecular weight excluding hydrogens is 238 g/mol. The Labute approximate surface area is 105 Å². The van der Waals surface area contributed by atoms with E-state index in [-0.39, 0.29) is 11.4 Å². The van der Waals surface area contributed by atoms with Crippen LogP contribution in [0.2, 0.25) is 0 Å². The summed E-state index contributed by atoms with van der Waals surface area (Å²) in [6, 6.07) is 4.11. The number of thioether (sulfide) groups is 1. The van der Waals surface area contributed by atoms with Gasteiger partial charge in [-0.3, -0.25) is 0 Å². The van der Waals surface area contributed by atoms with Gasteiger partial charge in [0.15, 0.2) is 0 Å². The lowest BCUT2D eigenvalue weighted by atomic mass is 10.3. The second kappa shape index (κ2) is 6.97. The number of aliphatic hydroxyl groups is 1. The molecule has 0 aliphatic rings. The van der Waals surface area contributed by atoms with E-state index < -0.39 is 0 Å². The maximum absolute atomic E-state index is 9.37. The predicted octanol–water partition coefficient (Wildman–Crippen LogP) is 2.06. The summed E-state index contributed by atoms with van der Waals surface area (Å²) in [5.41, 5.74) is 5.31. The molecule has 4 heteroatoms. The van der Waals surface area contributed by atoms with Gasteiger partial charge in [0.25, 0.3) is 0 Å². The standard InChI is InChI=1S/C12H17NOS2/c1-9(14)10(2)15-8-12-6-5-11(16-12)4-3-7-13/h5-6,9-10,14H,7-8,13H2,1-2H3. The Hall–Kier alpha value is -0.470. The van der Waals surface area contributed by atoms with E-state index >= 15 is 0 Å². The second-order valence-electron chi connectivity index (χ2n) is 3.53. The maximum atomic E-state index is 9.37. The van der Waals surface area contributed by atoms with E-state index in [1.807, 2.05) is 19.9 Å². The highest BCUT2D eigenvalue weighted by atomic mass is 32.2. The van der Waals surface area contributed by atoms with E-state index in [0.29, 0.717) is 6.54 Å². The van der Waals surface area contributed by atoms with Gasteiger partial charge in [0, 0.05) is 15.9 Å². The zero-order valence-electron chi connectivity index (χ0n) is 9.56. The lowest BCUT2D eigenvalue weighted by Crippen LogP contribution is -2.15. The molecule has 1 aromatic heterocycles. The van der Waals surface area contributed by atoms with Gasteiger partial charge in [-0.05, 0) is 19.1 Å². The quantitative estimate of drug-likeness (QED) is 0.810. The average Bonchev–Trinajstić information content (AvgIpc) is 2.70. The fourth-order valence-electron chi connectivity index (χ4n) is 1.01. The minimum Gasteiger partial charge on any atom is -0.392 e. The Kier molecular flexibility index (Phi) is 5.93. The van der Waals surface area contributed by atoms with Gasteiger partial charge in [0.2, 0.25) is 0 Å². The van der Waals surface area contributed by atoms with Crippen molar-refractivity contribution in [2.24, 2.45) is 5.73 Å². The molecule has 1 heterocycles. The van der Waals surface area contributed by atoms with Crippen LogP contribution in [0.1, 0.15) is 23.6 Å². The van der Waals surface area contributed by atoms with Crippen LogP contribution in [0.3, 0.4) is 0 Å². The second-order valence-corrected chi connectivity index (χ2v) is 6.06. The van der Waals surface area contributed by atoms with Gasteiger partial charge >= 0.3 is 0 Å². The highest BCUT2D eigenvalue weighted by Gasteiger charge is 2.09. The molecule has 3 N–H and O–H groups in total. The van der Waals surface area contributed by atoms with Crippen molar-refractivity contribution in [3.8, 4) is 11.8 Å². The summed E-state index contributed by atoms with van der Waals surface area (Å²) in [6.07, 6.45) is -0.263. The van der Waals surface area contributed by atoms with Crippen molar-refractivity contribution in [2.45, 2.75) is 31.0 Å². The number of rotatable bonds is 4. The number of aliphatic hydroxyl groups excluding tert-OH is 1. The first-order valence-corrected chi connectivity index (χ1v) is 7.07. The van der Waals surface area contributed by atoms with Crippen LogP contribution in [0.15, 0.2) is 12.1 Å². The van der Waals surface area contributed by atoms with Crippen molar-refractivity contribution in [3.63, 3.8) is 0 Å². The van der Waals surface area contributed by atoms with Crippen molar-refractivity contribution >= 4 is 23.1 Å². The number of nitrogens with two attached hydrogens (primary N) is 1. The monoisotopic (exact) mass is 255 g/mol. The van der Waals surface area contributed by atoms with Gasteiger partial charge in [-0.25, -0.2) is 0 Å². The SMILES string of the molecule is CC(O)C(C)SCc1ccc(C#CCN)s1. The van der Waals surface area contributed by atoms with Crippen LogP contribution >= 0.6 is 23.1 Å². The van der Waals surface area contributed by atoms with E-state index in [4.69, 9.17) is 5.73 Å². The molecule has 0 spiro atoms. The summed E-state index contributed by atoms with van der Waals surface area (Å²) in [5, 5.41) is 9.63. The van der Waals surface area contributed by atoms with Gasteiger partial charge in [0.05, 0.1) is 17.5 Å². The molecular formula is C12H17NOS2. The third-order valence-electron chi connectivity index (χ3n) is 2.14. The highest BCUT2D eigenvalue weighted by molar-refractivity contribution is 7.99. The molecule has 1 aromatic rings. The lowest BCUT2D eigenvalue weighted by molar-refractivity contribution is 0.196. The molecule has 0 fully saturated rings. The molecule has 16 heavy (non-hydrogen) atoms. The first-order chi connectivity index (χ1) is 7.63. The molecule has 0 amide bonds. The minimum atomic E-state index is -0.263. The maximum Gasteiger partial charge on any atom is 0.0772 e. The van der Waals surface area contributed by atoms with E-state index in [1.165, 1.54) is 4.88 Å². The Bertz CT molecular complexity index is 376. The first-order valence-electron chi connectivity index (χ1n) is 5.20. The Morgan fingerprint density at radius 1 is 1.50 bits per heavy atom. The van der Waals surface area contributed by atoms with Crippen LogP contribution in [-0.2, 0) is 5.75 Å². The van der Waals surface area contributed by atoms with Gasteiger partial charge in [-0.1, -0.05) is 18.8 Å². The largest absolute Gasteiger partial charge is 0.392 e. The van der Waals surface area contributed by atoms with E-state index in [1.54, 1.807) is 23.1 Å². The van der Waals surface area contributed by atoms with Gasteiger partial charge in [-0.2, -0.15) is 11.8 Å². The molecule has 0 saturated carbocycles. The average molecular weight is 255 g/mol. The zero-order valence-corrected chi connectivity index (χ0v) is 11.2. The molecule has 2 unspecified atom stereocenters. The van der Waals surface area contributed by atoms with Crippen LogP contribution in [0, 0.1) is 11.8 Å². The summed E-state index contributed by atoms with van der Waals surface area (Å²) in [5.74, 6) is 6.79. The highest BCUT2D eigenvalue weighted by Crippen LogP contribution is 2.24. The number of hydrogen-bond donors (Lipinski definition) is 2. The number of hydrogen-bond acceptors (Lipinski definition) is 4. The minimum absolute atomic E-state index is 0.263. The molecule has 88 valence electrons. The van der Waals surface area contributed by atoms with Crippen LogP contribution in [0.25, 0.3) is 0 Å². The van der Waals surface area contributed by atoms with Gasteiger partial charge in [0.1, 0.15) is 0 Å². The Balaban J connectivity index is 2.46. The third kappa shape index (κ3) is 4.58. The molecule has 0 bridgehead atoms. The molecule has 0 aromatic carbocycles. The van der Waals surface area contributed by atoms with Gasteiger partial charge < -0.3 is 10.8 Å². The van der Waals surface area contributed by atoms with Crippen LogP contribution < -0.4 is 5.73 Å². The smallest absolute Gasteiger partial charge is 0.0772 e. The number of thiophene rings is 1. The zero-order chi connectivity index (χ0) is 12.0. The summed E-state index contributed by atoms with van der Waals surface area (Å²) in [6.45, 7) is 4.27. The normalized spacial score (nSPS) is 14.0. The summed E-state index contributed by atoms with van der Waals surface area (Å²) >= 11 is 3.46. The van der Waals surface area contributed by atoms with Crippen molar-refractivity contribution in [1.82, 2.24) is 0 Å². The van der Waals surface area contributed by atoms with Crippen LogP contribution in [-0.4, -0.2) is 23.0 Å². The summed E-state index contributed by atoms with van der Waals surface area (Å²) in [7, 11) is 0. The Morgan fingerprint density at radius 2 is 2.25 bits per heavy atom. The molecule has 0 radical (unpaired) electrons. The van der Waals surface area contributed by atoms with E-state index in [9.17, 15) is 5.11 Å². The lowest BCUT2D eigenvalue weighted by Gasteiger charge is -2.12. The van der Waals surface area contributed by atoms with Crippen LogP contribution in [0.5, 0.6) is 0 Å². The van der Waals surface area contributed by atoms with Crippen molar-refractivity contribution in [2.75, 3.05) is 6.54 Å². The summed E-state index contributed by atoms with van der Waals surface area (Å²) in [4.78, 5) is 2.35. The molecule has 0 saturated heterocycles. The fraction of sp³-hybridized carbons (Fsp3) is 0.500. The predicted molar refractivity (Wildman–Crippen MR) is 72.7 cm³/mol. The fourth-order valence-corrected chi connectivity index (χ4v) is 2.93. The molecule has 1 rings (SSSR count). The molecule has 2 atom stereocenters. The molecule has 0 aliphatic carbocycles. The van der Waals surface area contributed by atoms with Crippen molar-refractivity contribution in [3.05, 3.63) is 21.9 Å². The first kappa shape index (κ1) is 13.6. The summed E-state index contributed by atoms with van der Waals surface area (Å²) < 4.78 is 0. The van der Waals surface area contributed by atoms with E-state index in [2.05, 4.69) is 17.9 Å². The third-order valence-corrected chi connectivity index (χ3v) is 4.72. The van der Waals surface area contributed by atoms with Crippen molar-refractivity contribution < 1.29 is 5.11 Å². The topological polar surface area (TPSA) is 46.2 Å². The Morgan fingerprint density at radius 3 is 2.88 bits per heavy atom. The van der Waals surface area contributed by atoms with E-state index in [0.717, 1.165) is 10.6 Å². The van der Waals surface area contributed by atoms with Gasteiger partial charge in [-0.15, -0.1) is 11.3 Å². The molecule has 0 aliphatic heterocycles. The van der Waals surface area contributed by atoms with Crippen molar-refractivity contribution in [1.29, 1.82) is 0 Å².